The summed E-state index contributed by atoms with van der Waals surface area (Å²) in [6.07, 6.45) is 4.91. The number of phenols is 2. The molecule has 0 heterocycles. The molecule has 2 aromatic rings. The Balaban J connectivity index is 1.85. The van der Waals surface area contributed by atoms with Gasteiger partial charge in [0.2, 0.25) is 0 Å². The highest BCUT2D eigenvalue weighted by Gasteiger charge is 2.44. The van der Waals surface area contributed by atoms with Crippen molar-refractivity contribution < 1.29 is 10.2 Å². The largest absolute Gasteiger partial charge is 0.505 e. The molecule has 2 nitrogen and oxygen atoms in total. The van der Waals surface area contributed by atoms with E-state index in [4.69, 9.17) is 46.4 Å². The molecule has 26 heavy (non-hydrogen) atoms. The van der Waals surface area contributed by atoms with E-state index in [1.165, 1.54) is 19.3 Å². The van der Waals surface area contributed by atoms with Crippen LogP contribution in [0.15, 0.2) is 24.3 Å². The van der Waals surface area contributed by atoms with Crippen LogP contribution in [-0.2, 0) is 0 Å². The van der Waals surface area contributed by atoms with Crippen molar-refractivity contribution in [3.8, 4) is 11.5 Å². The lowest BCUT2D eigenvalue weighted by molar-refractivity contribution is 0.303. The molecule has 0 saturated heterocycles. The molecule has 6 heteroatoms. The Labute approximate surface area is 172 Å². The zero-order chi connectivity index (χ0) is 18.6. The first-order valence-corrected chi connectivity index (χ1v) is 10.2. The predicted octanol–water partition coefficient (Wildman–Crippen LogP) is 7.28. The molecular weight excluding hydrogens is 414 g/mol. The smallest absolute Gasteiger partial charge is 0.152 e. The maximum atomic E-state index is 9.94. The SMILES string of the molecule is Oc1c(Cl)cc(C(c2cc(Cl)c(O)c(Cl)c2)C2CC3CCC2C3)cc1Cl. The minimum absolute atomic E-state index is 0.0106. The fourth-order valence-corrected chi connectivity index (χ4v) is 5.93. The van der Waals surface area contributed by atoms with Gasteiger partial charge in [-0.3, -0.25) is 0 Å². The van der Waals surface area contributed by atoms with Crippen molar-refractivity contribution in [1.29, 1.82) is 0 Å². The van der Waals surface area contributed by atoms with E-state index in [9.17, 15) is 10.2 Å². The number of hydrogen-bond donors (Lipinski definition) is 2. The topological polar surface area (TPSA) is 40.5 Å². The molecule has 3 atom stereocenters. The van der Waals surface area contributed by atoms with Crippen LogP contribution < -0.4 is 0 Å². The van der Waals surface area contributed by atoms with Crippen LogP contribution in [0.3, 0.4) is 0 Å². The minimum atomic E-state index is -0.106. The van der Waals surface area contributed by atoms with Crippen LogP contribution in [0.25, 0.3) is 0 Å². The lowest BCUT2D eigenvalue weighted by Gasteiger charge is -2.32. The van der Waals surface area contributed by atoms with Crippen molar-refractivity contribution in [3.63, 3.8) is 0 Å². The highest BCUT2D eigenvalue weighted by Crippen LogP contribution is 2.56. The maximum absolute atomic E-state index is 9.94. The van der Waals surface area contributed by atoms with E-state index in [0.717, 1.165) is 23.5 Å². The van der Waals surface area contributed by atoms with E-state index in [1.807, 2.05) is 0 Å². The molecule has 4 rings (SSSR count). The summed E-state index contributed by atoms with van der Waals surface area (Å²) < 4.78 is 0. The van der Waals surface area contributed by atoms with E-state index in [-0.39, 0.29) is 37.5 Å². The molecule has 2 fully saturated rings. The van der Waals surface area contributed by atoms with Crippen LogP contribution in [0.2, 0.25) is 20.1 Å². The fourth-order valence-electron chi connectivity index (χ4n) is 4.92. The quantitative estimate of drug-likeness (QED) is 0.535. The van der Waals surface area contributed by atoms with Gasteiger partial charge in [0.1, 0.15) is 0 Å². The highest BCUT2D eigenvalue weighted by atomic mass is 35.5. The lowest BCUT2D eigenvalue weighted by atomic mass is 9.73. The van der Waals surface area contributed by atoms with Gasteiger partial charge in [0.05, 0.1) is 20.1 Å². The second kappa shape index (κ2) is 6.98. The van der Waals surface area contributed by atoms with Crippen LogP contribution in [0.5, 0.6) is 11.5 Å². The van der Waals surface area contributed by atoms with Crippen LogP contribution in [0.4, 0.5) is 0 Å². The molecule has 0 aromatic heterocycles. The van der Waals surface area contributed by atoms with Crippen LogP contribution >= 0.6 is 46.4 Å². The Bertz CT molecular complexity index is 763. The number of aromatic hydroxyl groups is 2. The van der Waals surface area contributed by atoms with Gasteiger partial charge in [-0.1, -0.05) is 52.8 Å². The number of hydrogen-bond acceptors (Lipinski definition) is 2. The molecule has 0 aliphatic heterocycles. The molecule has 2 aliphatic carbocycles. The number of halogens is 4. The maximum Gasteiger partial charge on any atom is 0.152 e. The lowest BCUT2D eigenvalue weighted by Crippen LogP contribution is -2.20. The van der Waals surface area contributed by atoms with E-state index >= 15 is 0 Å². The summed E-state index contributed by atoms with van der Waals surface area (Å²) in [6, 6.07) is 7.09. The van der Waals surface area contributed by atoms with E-state index in [2.05, 4.69) is 0 Å². The van der Waals surface area contributed by atoms with E-state index < -0.39 is 0 Å². The Hall–Kier alpha value is -0.800. The summed E-state index contributed by atoms with van der Waals surface area (Å²) in [5, 5.41) is 20.8. The van der Waals surface area contributed by atoms with Crippen LogP contribution in [0.1, 0.15) is 42.7 Å². The molecule has 2 aliphatic rings. The number of fused-ring (bicyclic) bond motifs is 2. The van der Waals surface area contributed by atoms with Gasteiger partial charge in [-0.25, -0.2) is 0 Å². The molecule has 2 N–H and O–H groups in total. The summed E-state index contributed by atoms with van der Waals surface area (Å²) >= 11 is 24.8. The van der Waals surface area contributed by atoms with E-state index in [1.54, 1.807) is 24.3 Å². The zero-order valence-corrected chi connectivity index (χ0v) is 16.9. The van der Waals surface area contributed by atoms with Crippen LogP contribution in [-0.4, -0.2) is 10.2 Å². The molecule has 2 bridgehead atoms. The summed E-state index contributed by atoms with van der Waals surface area (Å²) in [6.45, 7) is 0. The molecule has 0 spiro atoms. The third-order valence-electron chi connectivity index (χ3n) is 6.02. The van der Waals surface area contributed by atoms with Crippen molar-refractivity contribution in [2.75, 3.05) is 0 Å². The van der Waals surface area contributed by atoms with Crippen molar-refractivity contribution in [2.45, 2.75) is 31.6 Å². The van der Waals surface area contributed by atoms with Gasteiger partial charge in [0, 0.05) is 5.92 Å². The molecule has 2 aromatic carbocycles. The molecule has 2 saturated carbocycles. The minimum Gasteiger partial charge on any atom is -0.505 e. The van der Waals surface area contributed by atoms with Gasteiger partial charge < -0.3 is 10.2 Å². The van der Waals surface area contributed by atoms with Crippen LogP contribution in [0, 0.1) is 17.8 Å². The normalized spacial score (nSPS) is 24.6. The van der Waals surface area contributed by atoms with Gasteiger partial charge in [0.25, 0.3) is 0 Å². The third-order valence-corrected chi connectivity index (χ3v) is 7.17. The van der Waals surface area contributed by atoms with Crippen molar-refractivity contribution in [1.82, 2.24) is 0 Å². The molecule has 3 unspecified atom stereocenters. The number of rotatable bonds is 3. The summed E-state index contributed by atoms with van der Waals surface area (Å²) in [5.41, 5.74) is 1.88. The predicted molar refractivity (Wildman–Crippen MR) is 107 cm³/mol. The second-order valence-electron chi connectivity index (χ2n) is 7.48. The van der Waals surface area contributed by atoms with Gasteiger partial charge in [-0.15, -0.1) is 0 Å². The van der Waals surface area contributed by atoms with Crippen molar-refractivity contribution in [3.05, 3.63) is 55.5 Å². The highest BCUT2D eigenvalue weighted by molar-refractivity contribution is 6.37. The fraction of sp³-hybridized carbons (Fsp3) is 0.400. The average molecular weight is 432 g/mol. The summed E-state index contributed by atoms with van der Waals surface area (Å²) in [5.74, 6) is 1.64. The number of phenolic OH excluding ortho intramolecular Hbond substituents is 2. The zero-order valence-electron chi connectivity index (χ0n) is 13.9. The monoisotopic (exact) mass is 430 g/mol. The first kappa shape index (κ1) is 18.6. The van der Waals surface area contributed by atoms with Crippen molar-refractivity contribution >= 4 is 46.4 Å². The second-order valence-corrected chi connectivity index (χ2v) is 9.11. The summed E-state index contributed by atoms with van der Waals surface area (Å²) in [7, 11) is 0. The Morgan fingerprint density at radius 1 is 0.731 bits per heavy atom. The van der Waals surface area contributed by atoms with Gasteiger partial charge in [0.15, 0.2) is 11.5 Å². The Kier molecular flexibility index (Phi) is 4.98. The number of benzene rings is 2. The molecular formula is C20H18Cl4O2. The Morgan fingerprint density at radius 2 is 1.19 bits per heavy atom. The van der Waals surface area contributed by atoms with Gasteiger partial charge >= 0.3 is 0 Å². The summed E-state index contributed by atoms with van der Waals surface area (Å²) in [4.78, 5) is 0. The van der Waals surface area contributed by atoms with Gasteiger partial charge in [-0.2, -0.15) is 0 Å². The van der Waals surface area contributed by atoms with Crippen molar-refractivity contribution in [2.24, 2.45) is 17.8 Å². The first-order chi connectivity index (χ1) is 12.3. The average Bonchev–Trinajstić information content (AvgIpc) is 3.21. The van der Waals surface area contributed by atoms with Gasteiger partial charge in [-0.05, 0) is 72.4 Å². The standard InChI is InChI=1S/C20H18Cl4O2/c21-14-5-11(6-15(22)19(14)25)18(13-4-9-1-2-10(13)3-9)12-7-16(23)20(26)17(24)8-12/h5-10,13,18,25-26H,1-4H2. The first-order valence-electron chi connectivity index (χ1n) is 8.71. The Morgan fingerprint density at radius 3 is 1.54 bits per heavy atom. The van der Waals surface area contributed by atoms with E-state index in [0.29, 0.717) is 11.8 Å². The molecule has 0 amide bonds. The third kappa shape index (κ3) is 3.16. The molecule has 138 valence electrons. The molecule has 0 radical (unpaired) electrons.